The molecule has 0 radical (unpaired) electrons. The summed E-state index contributed by atoms with van der Waals surface area (Å²) < 4.78 is 8.80. The molecule has 7 heteroatoms. The Morgan fingerprint density at radius 1 is 1.38 bits per heavy atom. The van der Waals surface area contributed by atoms with Crippen molar-refractivity contribution >= 4 is 11.6 Å². The van der Waals surface area contributed by atoms with E-state index < -0.39 is 0 Å². The Labute approximate surface area is 140 Å². The van der Waals surface area contributed by atoms with Gasteiger partial charge < -0.3 is 10.1 Å². The molecule has 0 aliphatic rings. The number of aromatic nitrogens is 4. The number of amides is 1. The summed E-state index contributed by atoms with van der Waals surface area (Å²) in [6.07, 6.45) is 3.57. The lowest BCUT2D eigenvalue weighted by atomic mass is 10.2. The number of nitrogens with zero attached hydrogens (tertiary/aromatic N) is 4. The molecule has 0 saturated carbocycles. The Kier molecular flexibility index (Phi) is 4.35. The van der Waals surface area contributed by atoms with Crippen LogP contribution in [0.4, 0.5) is 0 Å². The average molecular weight is 327 g/mol. The van der Waals surface area contributed by atoms with Crippen LogP contribution in [0.3, 0.4) is 0 Å². The molecule has 1 N–H and O–H groups in total. The summed E-state index contributed by atoms with van der Waals surface area (Å²) in [6.45, 7) is 4.20. The first-order valence-corrected chi connectivity index (χ1v) is 7.74. The van der Waals surface area contributed by atoms with Crippen molar-refractivity contribution in [3.05, 3.63) is 53.2 Å². The van der Waals surface area contributed by atoms with Gasteiger partial charge in [0, 0.05) is 26.6 Å². The molecule has 0 fully saturated rings. The van der Waals surface area contributed by atoms with Gasteiger partial charge in [0.05, 0.1) is 24.0 Å². The molecule has 1 atom stereocenters. The molecule has 3 aromatic heterocycles. The monoisotopic (exact) mass is 327 g/mol. The summed E-state index contributed by atoms with van der Waals surface area (Å²) in [4.78, 5) is 17.3. The predicted molar refractivity (Wildman–Crippen MR) is 90.0 cm³/mol. The van der Waals surface area contributed by atoms with Crippen molar-refractivity contribution < 1.29 is 9.53 Å². The molecule has 24 heavy (non-hydrogen) atoms. The van der Waals surface area contributed by atoms with Crippen molar-refractivity contribution in [2.75, 3.05) is 13.7 Å². The maximum Gasteiger partial charge on any atom is 0.270 e. The van der Waals surface area contributed by atoms with E-state index in [4.69, 9.17) is 4.74 Å². The molecule has 7 nitrogen and oxygen atoms in total. The number of imidazole rings is 1. The Balaban J connectivity index is 1.94. The lowest BCUT2D eigenvalue weighted by molar-refractivity contribution is 0.0886. The number of pyridine rings is 1. The van der Waals surface area contributed by atoms with Crippen LogP contribution in [0.25, 0.3) is 5.65 Å². The summed E-state index contributed by atoms with van der Waals surface area (Å²) in [5.41, 5.74) is 3.98. The quantitative estimate of drug-likeness (QED) is 0.775. The number of hydrogen-bond donors (Lipinski definition) is 1. The van der Waals surface area contributed by atoms with E-state index in [9.17, 15) is 4.79 Å². The van der Waals surface area contributed by atoms with Gasteiger partial charge >= 0.3 is 0 Å². The van der Waals surface area contributed by atoms with Crippen LogP contribution in [-0.2, 0) is 11.8 Å². The molecule has 0 aromatic carbocycles. The van der Waals surface area contributed by atoms with Crippen molar-refractivity contribution in [1.29, 1.82) is 0 Å². The largest absolute Gasteiger partial charge is 0.382 e. The van der Waals surface area contributed by atoms with E-state index in [0.717, 1.165) is 16.9 Å². The van der Waals surface area contributed by atoms with E-state index >= 15 is 0 Å². The molecule has 3 rings (SSSR count). The molecule has 0 aliphatic heterocycles. The van der Waals surface area contributed by atoms with Gasteiger partial charge in [0.25, 0.3) is 5.91 Å². The fourth-order valence-electron chi connectivity index (χ4n) is 2.86. The zero-order valence-corrected chi connectivity index (χ0v) is 14.3. The zero-order chi connectivity index (χ0) is 17.3. The number of aryl methyl sites for hydroxylation is 3. The highest BCUT2D eigenvalue weighted by Crippen LogP contribution is 2.17. The SMILES string of the molecule is COC[C@H](NC(=O)c1c(C)nc2cc(C)ccn12)c1ccnn1C. The van der Waals surface area contributed by atoms with Gasteiger partial charge in [-0.15, -0.1) is 0 Å². The van der Waals surface area contributed by atoms with Crippen LogP contribution in [0.15, 0.2) is 30.6 Å². The maximum absolute atomic E-state index is 12.9. The second-order valence-electron chi connectivity index (χ2n) is 5.84. The third kappa shape index (κ3) is 2.90. The van der Waals surface area contributed by atoms with Gasteiger partial charge in [-0.2, -0.15) is 5.10 Å². The third-order valence-electron chi connectivity index (χ3n) is 4.03. The number of ether oxygens (including phenoxy) is 1. The molecule has 0 bridgehead atoms. The van der Waals surface area contributed by atoms with Gasteiger partial charge in [-0.25, -0.2) is 4.98 Å². The number of fused-ring (bicyclic) bond motifs is 1. The molecule has 0 unspecified atom stereocenters. The number of carbonyl (C=O) groups is 1. The predicted octanol–water partition coefficient (Wildman–Crippen LogP) is 1.80. The molecule has 0 saturated heterocycles. The van der Waals surface area contributed by atoms with Crippen molar-refractivity contribution in [1.82, 2.24) is 24.5 Å². The van der Waals surface area contributed by atoms with Gasteiger partial charge in [0.1, 0.15) is 11.3 Å². The molecule has 0 spiro atoms. The summed E-state index contributed by atoms with van der Waals surface area (Å²) in [5.74, 6) is -0.188. The summed E-state index contributed by atoms with van der Waals surface area (Å²) in [6, 6.07) is 5.50. The van der Waals surface area contributed by atoms with Crippen LogP contribution < -0.4 is 5.32 Å². The minimum atomic E-state index is -0.287. The number of methoxy groups -OCH3 is 1. The molecular weight excluding hydrogens is 306 g/mol. The Hall–Kier alpha value is -2.67. The van der Waals surface area contributed by atoms with Gasteiger partial charge in [-0.1, -0.05) is 0 Å². The van der Waals surface area contributed by atoms with E-state index in [2.05, 4.69) is 15.4 Å². The number of carbonyl (C=O) groups excluding carboxylic acids is 1. The Morgan fingerprint density at radius 2 is 2.17 bits per heavy atom. The highest BCUT2D eigenvalue weighted by atomic mass is 16.5. The van der Waals surface area contributed by atoms with E-state index in [1.54, 1.807) is 18.0 Å². The summed E-state index contributed by atoms with van der Waals surface area (Å²) in [7, 11) is 3.45. The first-order valence-electron chi connectivity index (χ1n) is 7.74. The molecule has 0 aliphatic carbocycles. The van der Waals surface area contributed by atoms with Crippen LogP contribution in [-0.4, -0.2) is 38.8 Å². The summed E-state index contributed by atoms with van der Waals surface area (Å²) >= 11 is 0. The van der Waals surface area contributed by atoms with Crippen molar-refractivity contribution in [3.63, 3.8) is 0 Å². The van der Waals surface area contributed by atoms with Gasteiger partial charge in [-0.05, 0) is 37.6 Å². The average Bonchev–Trinajstić information content (AvgIpc) is 3.08. The second kappa shape index (κ2) is 6.45. The molecule has 3 aromatic rings. The van der Waals surface area contributed by atoms with E-state index in [-0.39, 0.29) is 11.9 Å². The summed E-state index contributed by atoms with van der Waals surface area (Å²) in [5, 5.41) is 7.18. The molecular formula is C17H21N5O2. The topological polar surface area (TPSA) is 73.4 Å². The zero-order valence-electron chi connectivity index (χ0n) is 14.3. The Bertz CT molecular complexity index is 880. The van der Waals surface area contributed by atoms with Gasteiger partial charge in [-0.3, -0.25) is 13.9 Å². The van der Waals surface area contributed by atoms with Crippen LogP contribution >= 0.6 is 0 Å². The first-order chi connectivity index (χ1) is 11.5. The fourth-order valence-corrected chi connectivity index (χ4v) is 2.86. The van der Waals surface area contributed by atoms with Crippen LogP contribution in [0.5, 0.6) is 0 Å². The van der Waals surface area contributed by atoms with E-state index in [1.807, 2.05) is 49.7 Å². The number of nitrogens with one attached hydrogen (secondary N) is 1. The normalized spacial score (nSPS) is 12.5. The fraction of sp³-hybridized carbons (Fsp3) is 0.353. The number of rotatable bonds is 5. The van der Waals surface area contributed by atoms with Crippen molar-refractivity contribution in [2.24, 2.45) is 7.05 Å². The van der Waals surface area contributed by atoms with Gasteiger partial charge in [0.15, 0.2) is 0 Å². The molecule has 3 heterocycles. The highest BCUT2D eigenvalue weighted by Gasteiger charge is 2.22. The first kappa shape index (κ1) is 16.2. The van der Waals surface area contributed by atoms with Crippen LogP contribution in [0.1, 0.15) is 33.5 Å². The van der Waals surface area contributed by atoms with E-state index in [0.29, 0.717) is 18.0 Å². The Morgan fingerprint density at radius 3 is 2.83 bits per heavy atom. The standard InChI is InChI=1S/C17H21N5O2/c1-11-6-8-22-15(9-11)19-12(2)16(22)17(23)20-13(10-24-4)14-5-7-18-21(14)3/h5-9,13H,10H2,1-4H3,(H,20,23)/t13-/m0/s1. The van der Waals surface area contributed by atoms with Crippen molar-refractivity contribution in [2.45, 2.75) is 19.9 Å². The number of hydrogen-bond acceptors (Lipinski definition) is 4. The van der Waals surface area contributed by atoms with Crippen LogP contribution in [0.2, 0.25) is 0 Å². The van der Waals surface area contributed by atoms with Gasteiger partial charge in [0.2, 0.25) is 0 Å². The highest BCUT2D eigenvalue weighted by molar-refractivity contribution is 5.95. The minimum Gasteiger partial charge on any atom is -0.382 e. The molecule has 1 amide bonds. The van der Waals surface area contributed by atoms with Crippen molar-refractivity contribution in [3.8, 4) is 0 Å². The minimum absolute atomic E-state index is 0.188. The lowest BCUT2D eigenvalue weighted by Gasteiger charge is -2.18. The van der Waals surface area contributed by atoms with E-state index in [1.165, 1.54) is 0 Å². The smallest absolute Gasteiger partial charge is 0.270 e. The lowest BCUT2D eigenvalue weighted by Crippen LogP contribution is -2.33. The maximum atomic E-state index is 12.9. The van der Waals surface area contributed by atoms with Crippen LogP contribution in [0, 0.1) is 13.8 Å². The third-order valence-corrected chi connectivity index (χ3v) is 4.03. The molecule has 126 valence electrons. The second-order valence-corrected chi connectivity index (χ2v) is 5.84.